The maximum absolute atomic E-state index is 4.20. The van der Waals surface area contributed by atoms with Gasteiger partial charge in [0.05, 0.1) is 0 Å². The molecule has 3 rings (SSSR count). The van der Waals surface area contributed by atoms with Crippen LogP contribution in [0.3, 0.4) is 0 Å². The summed E-state index contributed by atoms with van der Waals surface area (Å²) in [6, 6.07) is 18.8. The van der Waals surface area contributed by atoms with Crippen molar-refractivity contribution in [1.82, 2.24) is 14.8 Å². The fourth-order valence-electron chi connectivity index (χ4n) is 2.10. The van der Waals surface area contributed by atoms with Crippen molar-refractivity contribution in [3.05, 3.63) is 60.4 Å². The van der Waals surface area contributed by atoms with Crippen LogP contribution >= 0.6 is 0 Å². The fourth-order valence-corrected chi connectivity index (χ4v) is 2.10. The first kappa shape index (κ1) is 11.7. The molecule has 19 heavy (non-hydrogen) atoms. The van der Waals surface area contributed by atoms with Crippen LogP contribution in [0.5, 0.6) is 0 Å². The number of nitrogens with zero attached hydrogens (tertiary/aromatic N) is 3. The molecule has 2 aromatic carbocycles. The lowest BCUT2D eigenvalue weighted by Crippen LogP contribution is -1.94. The highest BCUT2D eigenvalue weighted by Gasteiger charge is 2.07. The van der Waals surface area contributed by atoms with Crippen LogP contribution < -0.4 is 0 Å². The molecule has 1 heterocycles. The summed E-state index contributed by atoms with van der Waals surface area (Å²) in [6.07, 6.45) is 0. The summed E-state index contributed by atoms with van der Waals surface area (Å²) >= 11 is 0. The van der Waals surface area contributed by atoms with E-state index in [0.717, 1.165) is 17.2 Å². The lowest BCUT2D eigenvalue weighted by atomic mass is 10.0. The first-order chi connectivity index (χ1) is 9.25. The topological polar surface area (TPSA) is 30.7 Å². The van der Waals surface area contributed by atoms with E-state index >= 15 is 0 Å². The summed E-state index contributed by atoms with van der Waals surface area (Å²) < 4.78 is 2.00. The Hall–Kier alpha value is -2.42. The van der Waals surface area contributed by atoms with Crippen molar-refractivity contribution in [2.45, 2.75) is 6.92 Å². The van der Waals surface area contributed by atoms with Crippen LogP contribution in [0.4, 0.5) is 0 Å². The summed E-state index contributed by atoms with van der Waals surface area (Å²) in [5, 5.41) is 8.29. The molecule has 0 bridgehead atoms. The zero-order valence-corrected chi connectivity index (χ0v) is 11.0. The molecule has 0 saturated heterocycles. The van der Waals surface area contributed by atoms with E-state index in [2.05, 4.69) is 58.7 Å². The first-order valence-corrected chi connectivity index (χ1v) is 6.27. The van der Waals surface area contributed by atoms with Gasteiger partial charge in [-0.05, 0) is 18.1 Å². The number of rotatable bonds is 2. The van der Waals surface area contributed by atoms with Crippen LogP contribution in [-0.2, 0) is 7.05 Å². The molecule has 0 saturated carbocycles. The number of aryl methyl sites for hydroxylation is 1. The molecule has 3 nitrogen and oxygen atoms in total. The summed E-state index contributed by atoms with van der Waals surface area (Å²) in [5.74, 6) is 1.82. The number of hydrogen-bond donors (Lipinski definition) is 0. The SMILES string of the molecule is Cc1nnc(-c2ccc(-c3ccccc3)cc2)n1C. The quantitative estimate of drug-likeness (QED) is 0.696. The van der Waals surface area contributed by atoms with Gasteiger partial charge in [-0.25, -0.2) is 0 Å². The second-order valence-corrected chi connectivity index (χ2v) is 4.57. The minimum absolute atomic E-state index is 0.900. The molecule has 0 spiro atoms. The molecule has 0 fully saturated rings. The Kier molecular flexibility index (Phi) is 2.88. The van der Waals surface area contributed by atoms with Crippen LogP contribution in [0, 0.1) is 6.92 Å². The van der Waals surface area contributed by atoms with Crippen LogP contribution in [-0.4, -0.2) is 14.8 Å². The lowest BCUT2D eigenvalue weighted by Gasteiger charge is -2.04. The predicted molar refractivity (Wildman–Crippen MR) is 76.6 cm³/mol. The summed E-state index contributed by atoms with van der Waals surface area (Å²) in [5.41, 5.74) is 3.52. The van der Waals surface area contributed by atoms with Gasteiger partial charge in [0, 0.05) is 12.6 Å². The number of hydrogen-bond acceptors (Lipinski definition) is 2. The Labute approximate surface area is 112 Å². The average molecular weight is 249 g/mol. The van der Waals surface area contributed by atoms with Gasteiger partial charge in [-0.3, -0.25) is 0 Å². The number of aromatic nitrogens is 3. The van der Waals surface area contributed by atoms with Crippen molar-refractivity contribution in [2.24, 2.45) is 7.05 Å². The molecule has 0 amide bonds. The van der Waals surface area contributed by atoms with Crippen LogP contribution in [0.2, 0.25) is 0 Å². The van der Waals surface area contributed by atoms with Crippen LogP contribution in [0.15, 0.2) is 54.6 Å². The Balaban J connectivity index is 1.98. The first-order valence-electron chi connectivity index (χ1n) is 6.27. The zero-order chi connectivity index (χ0) is 13.2. The van der Waals surface area contributed by atoms with E-state index in [0.29, 0.717) is 0 Å². The third-order valence-electron chi connectivity index (χ3n) is 3.34. The van der Waals surface area contributed by atoms with Gasteiger partial charge in [0.15, 0.2) is 5.82 Å². The maximum Gasteiger partial charge on any atom is 0.163 e. The highest BCUT2D eigenvalue weighted by molar-refractivity contribution is 5.67. The van der Waals surface area contributed by atoms with Gasteiger partial charge in [-0.2, -0.15) is 0 Å². The minimum Gasteiger partial charge on any atom is -0.314 e. The van der Waals surface area contributed by atoms with Crippen LogP contribution in [0.25, 0.3) is 22.5 Å². The van der Waals surface area contributed by atoms with Crippen molar-refractivity contribution in [1.29, 1.82) is 0 Å². The van der Waals surface area contributed by atoms with E-state index in [4.69, 9.17) is 0 Å². The standard InChI is InChI=1S/C16H15N3/c1-12-17-18-16(19(12)2)15-10-8-14(9-11-15)13-6-4-3-5-7-13/h3-11H,1-2H3. The van der Waals surface area contributed by atoms with E-state index in [-0.39, 0.29) is 0 Å². The Morgan fingerprint density at radius 1 is 0.737 bits per heavy atom. The molecule has 0 N–H and O–H groups in total. The molecule has 0 unspecified atom stereocenters. The van der Waals surface area contributed by atoms with Crippen molar-refractivity contribution in [3.8, 4) is 22.5 Å². The summed E-state index contributed by atoms with van der Waals surface area (Å²) in [7, 11) is 1.98. The molecule has 0 aliphatic rings. The minimum atomic E-state index is 0.900. The largest absolute Gasteiger partial charge is 0.314 e. The molecule has 3 aromatic rings. The smallest absolute Gasteiger partial charge is 0.163 e. The van der Waals surface area contributed by atoms with Crippen molar-refractivity contribution >= 4 is 0 Å². The van der Waals surface area contributed by atoms with Crippen molar-refractivity contribution in [2.75, 3.05) is 0 Å². The van der Waals surface area contributed by atoms with Gasteiger partial charge in [0.2, 0.25) is 0 Å². The van der Waals surface area contributed by atoms with Gasteiger partial charge in [0.1, 0.15) is 5.82 Å². The molecule has 0 aliphatic carbocycles. The van der Waals surface area contributed by atoms with Gasteiger partial charge >= 0.3 is 0 Å². The number of benzene rings is 2. The second kappa shape index (κ2) is 4.69. The van der Waals surface area contributed by atoms with Crippen molar-refractivity contribution in [3.63, 3.8) is 0 Å². The highest BCUT2D eigenvalue weighted by Crippen LogP contribution is 2.23. The van der Waals surface area contributed by atoms with Gasteiger partial charge in [0.25, 0.3) is 0 Å². The zero-order valence-electron chi connectivity index (χ0n) is 11.0. The predicted octanol–water partition coefficient (Wildman–Crippen LogP) is 3.46. The van der Waals surface area contributed by atoms with E-state index in [1.54, 1.807) is 0 Å². The van der Waals surface area contributed by atoms with Crippen LogP contribution in [0.1, 0.15) is 5.82 Å². The van der Waals surface area contributed by atoms with E-state index in [1.807, 2.05) is 24.6 Å². The normalized spacial score (nSPS) is 10.6. The molecular formula is C16H15N3. The Bertz CT molecular complexity index is 682. The molecule has 94 valence electrons. The van der Waals surface area contributed by atoms with Gasteiger partial charge in [-0.15, -0.1) is 10.2 Å². The molecule has 1 aromatic heterocycles. The second-order valence-electron chi connectivity index (χ2n) is 4.57. The third kappa shape index (κ3) is 2.15. The summed E-state index contributed by atoms with van der Waals surface area (Å²) in [4.78, 5) is 0. The highest BCUT2D eigenvalue weighted by atomic mass is 15.3. The monoisotopic (exact) mass is 249 g/mol. The fraction of sp³-hybridized carbons (Fsp3) is 0.125. The Morgan fingerprint density at radius 2 is 1.32 bits per heavy atom. The van der Waals surface area contributed by atoms with E-state index in [9.17, 15) is 0 Å². The van der Waals surface area contributed by atoms with Gasteiger partial charge < -0.3 is 4.57 Å². The molecule has 0 atom stereocenters. The third-order valence-corrected chi connectivity index (χ3v) is 3.34. The van der Waals surface area contributed by atoms with Gasteiger partial charge in [-0.1, -0.05) is 54.6 Å². The average Bonchev–Trinajstić information content (AvgIpc) is 2.80. The van der Waals surface area contributed by atoms with E-state index in [1.165, 1.54) is 11.1 Å². The molecular weight excluding hydrogens is 234 g/mol. The molecule has 0 radical (unpaired) electrons. The van der Waals surface area contributed by atoms with E-state index < -0.39 is 0 Å². The van der Waals surface area contributed by atoms with Crippen molar-refractivity contribution < 1.29 is 0 Å². The lowest BCUT2D eigenvalue weighted by molar-refractivity contribution is 0.865. The summed E-state index contributed by atoms with van der Waals surface area (Å²) in [6.45, 7) is 1.95. The molecule has 0 aliphatic heterocycles. The molecule has 3 heteroatoms. The Morgan fingerprint density at radius 3 is 1.89 bits per heavy atom. The maximum atomic E-state index is 4.20.